The van der Waals surface area contributed by atoms with Crippen LogP contribution in [0.4, 0.5) is 0 Å². The zero-order valence-corrected chi connectivity index (χ0v) is 17.1. The van der Waals surface area contributed by atoms with E-state index in [1.165, 1.54) is 0 Å². The molecule has 1 aromatic carbocycles. The van der Waals surface area contributed by atoms with E-state index in [1.54, 1.807) is 23.0 Å². The number of aryl methyl sites for hydroxylation is 2. The van der Waals surface area contributed by atoms with Crippen molar-refractivity contribution in [3.05, 3.63) is 69.3 Å². The van der Waals surface area contributed by atoms with Crippen molar-refractivity contribution in [3.8, 4) is 5.75 Å². The molecule has 0 atom stereocenters. The number of hydrogen-bond acceptors (Lipinski definition) is 4. The van der Waals surface area contributed by atoms with Gasteiger partial charge in [-0.05, 0) is 53.5 Å². The molecule has 142 valence electrons. The second-order valence-corrected chi connectivity index (χ2v) is 7.18. The molecule has 1 N–H and O–H groups in total. The van der Waals surface area contributed by atoms with Crippen LogP contribution in [0.5, 0.6) is 5.75 Å². The van der Waals surface area contributed by atoms with Crippen LogP contribution in [0, 0.1) is 6.92 Å². The molecule has 0 aliphatic heterocycles. The lowest BCUT2D eigenvalue weighted by molar-refractivity contribution is 0.0920. The fourth-order valence-corrected chi connectivity index (χ4v) is 2.98. The fraction of sp³-hybridized carbons (Fsp3) is 0.263. The summed E-state index contributed by atoms with van der Waals surface area (Å²) in [6, 6.07) is 10.9. The summed E-state index contributed by atoms with van der Waals surface area (Å²) in [5.41, 5.74) is 0.800. The Morgan fingerprint density at radius 1 is 1.33 bits per heavy atom. The van der Waals surface area contributed by atoms with E-state index in [2.05, 4.69) is 26.3 Å². The van der Waals surface area contributed by atoms with Gasteiger partial charge in [-0.15, -0.1) is 0 Å². The predicted molar refractivity (Wildman–Crippen MR) is 106 cm³/mol. The van der Waals surface area contributed by atoms with Gasteiger partial charge in [-0.3, -0.25) is 9.48 Å². The van der Waals surface area contributed by atoms with E-state index in [0.29, 0.717) is 29.6 Å². The van der Waals surface area contributed by atoms with E-state index >= 15 is 0 Å². The van der Waals surface area contributed by atoms with E-state index in [1.807, 2.05) is 31.2 Å². The van der Waals surface area contributed by atoms with Crippen molar-refractivity contribution in [1.82, 2.24) is 15.1 Å². The average molecular weight is 453 g/mol. The summed E-state index contributed by atoms with van der Waals surface area (Å²) in [6.07, 6.45) is 2.52. The number of rotatable bonds is 8. The van der Waals surface area contributed by atoms with Gasteiger partial charge in [-0.25, -0.2) is 0 Å². The van der Waals surface area contributed by atoms with E-state index in [4.69, 9.17) is 20.8 Å². The Hall–Kier alpha value is -2.25. The van der Waals surface area contributed by atoms with Crippen molar-refractivity contribution >= 4 is 33.4 Å². The van der Waals surface area contributed by atoms with Crippen LogP contribution in [0.2, 0.25) is 5.02 Å². The van der Waals surface area contributed by atoms with Gasteiger partial charge in [0.2, 0.25) is 0 Å². The fourth-order valence-electron chi connectivity index (χ4n) is 2.43. The maximum absolute atomic E-state index is 12.2. The number of benzene rings is 1. The number of furan rings is 1. The molecule has 1 amide bonds. The molecular weight excluding hydrogens is 434 g/mol. The Morgan fingerprint density at radius 2 is 2.15 bits per heavy atom. The lowest BCUT2D eigenvalue weighted by Gasteiger charge is -2.06. The number of nitrogens with zero attached hydrogens (tertiary/aromatic N) is 2. The molecule has 2 aromatic heterocycles. The van der Waals surface area contributed by atoms with Gasteiger partial charge >= 0.3 is 0 Å². The Balaban J connectivity index is 1.43. The summed E-state index contributed by atoms with van der Waals surface area (Å²) in [5, 5.41) is 7.75. The minimum Gasteiger partial charge on any atom is -0.484 e. The molecule has 6 nitrogen and oxygen atoms in total. The van der Waals surface area contributed by atoms with Crippen molar-refractivity contribution in [2.45, 2.75) is 26.5 Å². The Kier molecular flexibility index (Phi) is 6.58. The Labute approximate surface area is 170 Å². The zero-order valence-electron chi connectivity index (χ0n) is 14.7. The maximum atomic E-state index is 12.2. The molecule has 0 unspecified atom stereocenters. The largest absolute Gasteiger partial charge is 0.484 e. The summed E-state index contributed by atoms with van der Waals surface area (Å²) in [4.78, 5) is 12.2. The number of aromatic nitrogens is 2. The van der Waals surface area contributed by atoms with Gasteiger partial charge in [0.15, 0.2) is 5.76 Å². The number of hydrogen-bond donors (Lipinski definition) is 1. The molecular formula is C19H19BrClN3O3. The van der Waals surface area contributed by atoms with Crippen molar-refractivity contribution in [2.75, 3.05) is 6.54 Å². The quantitative estimate of drug-likeness (QED) is 0.507. The summed E-state index contributed by atoms with van der Waals surface area (Å²) < 4.78 is 13.9. The first kappa shape index (κ1) is 19.5. The number of carbonyl (C=O) groups excluding carboxylic acids is 1. The molecule has 8 heteroatoms. The number of nitrogens with one attached hydrogen (secondary N) is 1. The molecule has 3 aromatic rings. The number of para-hydroxylation sites is 1. The van der Waals surface area contributed by atoms with Crippen LogP contribution in [0.15, 0.2) is 51.5 Å². The van der Waals surface area contributed by atoms with Crippen LogP contribution in [0.25, 0.3) is 0 Å². The average Bonchev–Trinajstić information content (AvgIpc) is 3.25. The second-order valence-electron chi connectivity index (χ2n) is 5.92. The minimum atomic E-state index is -0.253. The van der Waals surface area contributed by atoms with Crippen LogP contribution in [-0.2, 0) is 13.2 Å². The highest BCUT2D eigenvalue weighted by atomic mass is 79.9. The van der Waals surface area contributed by atoms with Gasteiger partial charge in [0, 0.05) is 19.3 Å². The van der Waals surface area contributed by atoms with E-state index in [-0.39, 0.29) is 18.3 Å². The Morgan fingerprint density at radius 3 is 2.89 bits per heavy atom. The maximum Gasteiger partial charge on any atom is 0.286 e. The van der Waals surface area contributed by atoms with E-state index < -0.39 is 0 Å². The third kappa shape index (κ3) is 5.37. The van der Waals surface area contributed by atoms with E-state index in [0.717, 1.165) is 16.6 Å². The lowest BCUT2D eigenvalue weighted by Crippen LogP contribution is -2.24. The molecule has 0 fully saturated rings. The number of ether oxygens (including phenoxy) is 1. The number of halogens is 2. The summed E-state index contributed by atoms with van der Waals surface area (Å²) in [5.74, 6) is 1.31. The molecule has 0 aliphatic carbocycles. The van der Waals surface area contributed by atoms with Crippen molar-refractivity contribution < 1.29 is 13.9 Å². The van der Waals surface area contributed by atoms with Gasteiger partial charge < -0.3 is 14.5 Å². The van der Waals surface area contributed by atoms with Gasteiger partial charge in [-0.1, -0.05) is 23.7 Å². The third-order valence-corrected chi connectivity index (χ3v) is 4.85. The standard InChI is InChI=1S/C19H19BrClN3O3/c1-13-16(21)11-24(23-13)10-4-9-22-19(25)18-8-7-14(27-18)12-26-17-6-3-2-5-15(17)20/h2-3,5-8,11H,4,9-10,12H2,1H3,(H,22,25). The van der Waals surface area contributed by atoms with Crippen molar-refractivity contribution in [1.29, 1.82) is 0 Å². The second kappa shape index (κ2) is 9.10. The Bertz CT molecular complexity index is 903. The van der Waals surface area contributed by atoms with Crippen LogP contribution in [0.1, 0.15) is 28.4 Å². The van der Waals surface area contributed by atoms with Crippen LogP contribution in [0.3, 0.4) is 0 Å². The van der Waals surface area contributed by atoms with E-state index in [9.17, 15) is 4.79 Å². The first-order chi connectivity index (χ1) is 13.0. The smallest absolute Gasteiger partial charge is 0.286 e. The molecule has 0 saturated carbocycles. The third-order valence-electron chi connectivity index (χ3n) is 3.83. The molecule has 0 radical (unpaired) electrons. The van der Waals surface area contributed by atoms with Crippen molar-refractivity contribution in [3.63, 3.8) is 0 Å². The SMILES string of the molecule is Cc1nn(CCCNC(=O)c2ccc(COc3ccccc3Br)o2)cc1Cl. The summed E-state index contributed by atoms with van der Waals surface area (Å²) in [6.45, 7) is 3.29. The molecule has 27 heavy (non-hydrogen) atoms. The van der Waals surface area contributed by atoms with Gasteiger partial charge in [0.25, 0.3) is 5.91 Å². The first-order valence-corrected chi connectivity index (χ1v) is 9.64. The molecule has 0 saturated heterocycles. The van der Waals surface area contributed by atoms with Crippen LogP contribution < -0.4 is 10.1 Å². The normalized spacial score (nSPS) is 10.8. The molecule has 3 rings (SSSR count). The first-order valence-electron chi connectivity index (χ1n) is 8.46. The van der Waals surface area contributed by atoms with Crippen molar-refractivity contribution in [2.24, 2.45) is 0 Å². The lowest BCUT2D eigenvalue weighted by atomic mass is 10.3. The molecule has 0 spiro atoms. The van der Waals surface area contributed by atoms with Gasteiger partial charge in [0.1, 0.15) is 18.1 Å². The molecule has 0 aliphatic rings. The number of amides is 1. The highest BCUT2D eigenvalue weighted by molar-refractivity contribution is 9.10. The highest BCUT2D eigenvalue weighted by Gasteiger charge is 2.11. The zero-order chi connectivity index (χ0) is 19.2. The van der Waals surface area contributed by atoms with Gasteiger partial charge in [0.05, 0.1) is 15.2 Å². The topological polar surface area (TPSA) is 69.3 Å². The summed E-state index contributed by atoms with van der Waals surface area (Å²) >= 11 is 9.39. The van der Waals surface area contributed by atoms with Crippen LogP contribution in [-0.4, -0.2) is 22.2 Å². The minimum absolute atomic E-state index is 0.245. The predicted octanol–water partition coefficient (Wildman–Crippen LogP) is 4.60. The van der Waals surface area contributed by atoms with Gasteiger partial charge in [-0.2, -0.15) is 5.10 Å². The summed E-state index contributed by atoms with van der Waals surface area (Å²) in [7, 11) is 0. The highest BCUT2D eigenvalue weighted by Crippen LogP contribution is 2.25. The molecule has 2 heterocycles. The monoisotopic (exact) mass is 451 g/mol. The number of carbonyl (C=O) groups is 1. The molecule has 0 bridgehead atoms. The van der Waals surface area contributed by atoms with Crippen LogP contribution >= 0.6 is 27.5 Å².